The molecule has 0 saturated heterocycles. The number of hydrogen-bond acceptors (Lipinski definition) is 8. The van der Waals surface area contributed by atoms with Gasteiger partial charge in [-0.25, -0.2) is 9.97 Å². The minimum atomic E-state index is -0.340. The molecular formula is C28H23N7O3S2. The van der Waals surface area contributed by atoms with Crippen LogP contribution in [-0.4, -0.2) is 41.0 Å². The molecule has 1 amide bonds. The number of H-pyrrole nitrogens is 1. The number of nitrogens with one attached hydrogen (secondary N) is 2. The first-order chi connectivity index (χ1) is 19.5. The van der Waals surface area contributed by atoms with E-state index in [1.807, 2.05) is 47.8 Å². The van der Waals surface area contributed by atoms with Gasteiger partial charge >= 0.3 is 0 Å². The topological polar surface area (TPSA) is 128 Å². The van der Waals surface area contributed by atoms with Crippen LogP contribution >= 0.6 is 23.1 Å². The van der Waals surface area contributed by atoms with E-state index in [0.717, 1.165) is 41.0 Å². The summed E-state index contributed by atoms with van der Waals surface area (Å²) in [5.41, 5.74) is 3.23. The summed E-state index contributed by atoms with van der Waals surface area (Å²) in [5, 5.41) is 10.3. The Morgan fingerprint density at radius 1 is 1.05 bits per heavy atom. The lowest BCUT2D eigenvalue weighted by Crippen LogP contribution is -2.30. The fourth-order valence-electron chi connectivity index (χ4n) is 5.19. The number of carbonyl (C=O) groups is 1. The highest BCUT2D eigenvalue weighted by Crippen LogP contribution is 2.34. The second kappa shape index (κ2) is 10.0. The van der Waals surface area contributed by atoms with Crippen LogP contribution in [0.1, 0.15) is 30.1 Å². The maximum Gasteiger partial charge on any atom is 0.257 e. The zero-order chi connectivity index (χ0) is 27.2. The number of hydrogen-bond donors (Lipinski definition) is 2. The number of nitrogens with zero attached hydrogens (tertiary/aromatic N) is 5. The average Bonchev–Trinajstić information content (AvgIpc) is 3.76. The Bertz CT molecular complexity index is 1860. The van der Waals surface area contributed by atoms with Gasteiger partial charge in [-0.1, -0.05) is 48.2 Å². The van der Waals surface area contributed by atoms with Crippen LogP contribution in [0.3, 0.4) is 0 Å². The Labute approximate surface area is 236 Å². The van der Waals surface area contributed by atoms with Crippen LogP contribution in [0.25, 0.3) is 27.8 Å². The predicted octanol–water partition coefficient (Wildman–Crippen LogP) is 4.07. The second-order valence-electron chi connectivity index (χ2n) is 9.69. The fraction of sp³-hybridized carbons (Fsp3) is 0.214. The third kappa shape index (κ3) is 4.48. The lowest BCUT2D eigenvalue weighted by atomic mass is 10.1. The summed E-state index contributed by atoms with van der Waals surface area (Å²) >= 11 is 3.03. The van der Waals surface area contributed by atoms with E-state index >= 15 is 0 Å². The van der Waals surface area contributed by atoms with Crippen LogP contribution in [0.5, 0.6) is 0 Å². The normalized spacial score (nSPS) is 15.7. The van der Waals surface area contributed by atoms with E-state index in [4.69, 9.17) is 4.98 Å². The number of anilines is 1. The Balaban J connectivity index is 1.22. The molecule has 0 radical (unpaired) electrons. The molecule has 2 N–H and O–H groups in total. The van der Waals surface area contributed by atoms with E-state index in [2.05, 4.69) is 20.4 Å². The quantitative estimate of drug-likeness (QED) is 0.295. The average molecular weight is 570 g/mol. The van der Waals surface area contributed by atoms with Gasteiger partial charge in [0.2, 0.25) is 11.9 Å². The number of aromatic nitrogens is 6. The first-order valence-electron chi connectivity index (χ1n) is 12.9. The number of rotatable bonds is 6. The molecule has 0 saturated carbocycles. The standard InChI is InChI=1S/C28H23N7O3S2/c36-24(12-17-15-40-28-30-19-9-4-8-18(19)26(38)34(17)28)31-23-13-21(22-10-5-11-39-22)33-35(23)27-29-20(14-25(37)32-27)16-6-2-1-3-7-16/h1-3,5-7,10-11,13-14,17H,4,8-9,12,15H2,(H,31,36)(H,29,32,37). The van der Waals surface area contributed by atoms with Gasteiger partial charge in [-0.3, -0.25) is 23.9 Å². The molecule has 1 aliphatic carbocycles. The van der Waals surface area contributed by atoms with Gasteiger partial charge in [0.25, 0.3) is 11.1 Å². The Morgan fingerprint density at radius 2 is 1.93 bits per heavy atom. The summed E-state index contributed by atoms with van der Waals surface area (Å²) < 4.78 is 3.13. The Morgan fingerprint density at radius 3 is 2.75 bits per heavy atom. The summed E-state index contributed by atoms with van der Waals surface area (Å²) in [7, 11) is 0. The molecule has 1 unspecified atom stereocenters. The third-order valence-electron chi connectivity index (χ3n) is 7.04. The largest absolute Gasteiger partial charge is 0.310 e. The van der Waals surface area contributed by atoms with Crippen LogP contribution < -0.4 is 16.4 Å². The molecule has 7 rings (SSSR count). The summed E-state index contributed by atoms with van der Waals surface area (Å²) in [6.45, 7) is 0. The predicted molar refractivity (Wildman–Crippen MR) is 154 cm³/mol. The molecule has 4 aromatic heterocycles. The monoisotopic (exact) mass is 569 g/mol. The van der Waals surface area contributed by atoms with Crippen molar-refractivity contribution in [3.8, 4) is 27.8 Å². The Hall–Kier alpha value is -4.29. The molecule has 40 heavy (non-hydrogen) atoms. The van der Waals surface area contributed by atoms with Gasteiger partial charge < -0.3 is 5.32 Å². The molecule has 1 aromatic carbocycles. The van der Waals surface area contributed by atoms with Crippen LogP contribution in [-0.2, 0) is 17.6 Å². The van der Waals surface area contributed by atoms with E-state index in [9.17, 15) is 14.4 Å². The molecule has 5 heterocycles. The van der Waals surface area contributed by atoms with E-state index in [1.165, 1.54) is 33.8 Å². The second-order valence-corrected chi connectivity index (χ2v) is 11.6. The van der Waals surface area contributed by atoms with Crippen molar-refractivity contribution in [2.75, 3.05) is 11.1 Å². The highest BCUT2D eigenvalue weighted by atomic mass is 32.2. The number of amides is 1. The van der Waals surface area contributed by atoms with Gasteiger partial charge in [-0.2, -0.15) is 9.78 Å². The molecule has 1 aliphatic heterocycles. The van der Waals surface area contributed by atoms with E-state index in [-0.39, 0.29) is 35.4 Å². The zero-order valence-corrected chi connectivity index (χ0v) is 22.8. The van der Waals surface area contributed by atoms with Crippen molar-refractivity contribution in [3.05, 3.63) is 91.9 Å². The molecule has 1 atom stereocenters. The minimum absolute atomic E-state index is 0.0233. The van der Waals surface area contributed by atoms with Crippen molar-refractivity contribution in [2.45, 2.75) is 36.9 Å². The third-order valence-corrected chi connectivity index (χ3v) is 9.03. The number of aromatic amines is 1. The van der Waals surface area contributed by atoms with Crippen molar-refractivity contribution in [2.24, 2.45) is 0 Å². The lowest BCUT2D eigenvalue weighted by Gasteiger charge is -2.15. The van der Waals surface area contributed by atoms with Gasteiger partial charge in [-0.15, -0.1) is 11.3 Å². The molecule has 0 bridgehead atoms. The van der Waals surface area contributed by atoms with Crippen molar-refractivity contribution in [1.82, 2.24) is 29.3 Å². The molecule has 12 heteroatoms. The molecule has 200 valence electrons. The van der Waals surface area contributed by atoms with E-state index in [0.29, 0.717) is 28.1 Å². The number of thioether (sulfide) groups is 1. The van der Waals surface area contributed by atoms with Crippen LogP contribution in [0.15, 0.2) is 74.7 Å². The number of benzene rings is 1. The minimum Gasteiger partial charge on any atom is -0.310 e. The number of aryl methyl sites for hydroxylation is 1. The van der Waals surface area contributed by atoms with Gasteiger partial charge in [0, 0.05) is 35.4 Å². The Kier molecular flexibility index (Phi) is 6.20. The summed E-state index contributed by atoms with van der Waals surface area (Å²) in [6, 6.07) is 16.1. The first-order valence-corrected chi connectivity index (χ1v) is 14.8. The summed E-state index contributed by atoms with van der Waals surface area (Å²) in [5.74, 6) is 0.882. The van der Waals surface area contributed by atoms with Crippen LogP contribution in [0.2, 0.25) is 0 Å². The molecule has 2 aliphatic rings. The van der Waals surface area contributed by atoms with Gasteiger partial charge in [-0.05, 0) is 30.7 Å². The number of carbonyl (C=O) groups excluding carboxylic acids is 1. The molecule has 0 spiro atoms. The molecular weight excluding hydrogens is 546 g/mol. The van der Waals surface area contributed by atoms with Crippen molar-refractivity contribution < 1.29 is 4.79 Å². The molecule has 10 nitrogen and oxygen atoms in total. The highest BCUT2D eigenvalue weighted by molar-refractivity contribution is 7.99. The molecule has 0 fully saturated rings. The first kappa shape index (κ1) is 24.7. The highest BCUT2D eigenvalue weighted by Gasteiger charge is 2.31. The SMILES string of the molecule is O=C(CC1CSc2nc3c(c(=O)n21)CCC3)Nc1cc(-c2cccs2)nn1-c1nc(-c2ccccc2)cc(=O)[nH]1. The summed E-state index contributed by atoms with van der Waals surface area (Å²) in [4.78, 5) is 52.2. The van der Waals surface area contributed by atoms with Crippen molar-refractivity contribution >= 4 is 34.8 Å². The smallest absolute Gasteiger partial charge is 0.257 e. The van der Waals surface area contributed by atoms with Crippen molar-refractivity contribution in [3.63, 3.8) is 0 Å². The van der Waals surface area contributed by atoms with E-state index < -0.39 is 0 Å². The van der Waals surface area contributed by atoms with Crippen molar-refractivity contribution in [1.29, 1.82) is 0 Å². The fourth-order valence-corrected chi connectivity index (χ4v) is 7.02. The number of fused-ring (bicyclic) bond motifs is 2. The number of thiophene rings is 1. The maximum absolute atomic E-state index is 13.4. The van der Waals surface area contributed by atoms with Gasteiger partial charge in [0.1, 0.15) is 11.5 Å². The van der Waals surface area contributed by atoms with Gasteiger partial charge in [0.05, 0.1) is 22.3 Å². The van der Waals surface area contributed by atoms with Crippen LogP contribution in [0, 0.1) is 0 Å². The lowest BCUT2D eigenvalue weighted by molar-refractivity contribution is -0.116. The zero-order valence-electron chi connectivity index (χ0n) is 21.2. The van der Waals surface area contributed by atoms with E-state index in [1.54, 1.807) is 10.6 Å². The van der Waals surface area contributed by atoms with Crippen LogP contribution in [0.4, 0.5) is 5.82 Å². The summed E-state index contributed by atoms with van der Waals surface area (Å²) in [6.07, 6.45) is 2.62. The molecule has 5 aromatic rings. The maximum atomic E-state index is 13.4. The van der Waals surface area contributed by atoms with Gasteiger partial charge in [0.15, 0.2) is 5.16 Å².